The van der Waals surface area contributed by atoms with Gasteiger partial charge >= 0.3 is 0 Å². The molecule has 0 aliphatic rings. The molecule has 0 spiro atoms. The minimum Gasteiger partial charge on any atom is -0.496 e. The fourth-order valence-corrected chi connectivity index (χ4v) is 1.81. The molecule has 86 valence electrons. The fraction of sp³-hybridized carbons (Fsp3) is 0.385. The van der Waals surface area contributed by atoms with E-state index in [-0.39, 0.29) is 6.04 Å². The van der Waals surface area contributed by atoms with Gasteiger partial charge in [0, 0.05) is 16.6 Å². The summed E-state index contributed by atoms with van der Waals surface area (Å²) in [5.74, 6) is 3.40. The maximum absolute atomic E-state index is 5.99. The minimum absolute atomic E-state index is 0.171. The molecule has 1 unspecified atom stereocenters. The van der Waals surface area contributed by atoms with Gasteiger partial charge in [-0.3, -0.25) is 5.32 Å². The molecule has 1 aromatic carbocycles. The molecule has 1 N–H and O–H groups in total. The standard InChI is InChI=1S/C13H16ClNO/c1-4-8-15-12(5-2)11-9-10(14)6-7-13(11)16-3/h1,6-7,9,12,15H,5,8H2,2-3H3. The molecule has 0 saturated heterocycles. The number of hydrogen-bond donors (Lipinski definition) is 1. The quantitative estimate of drug-likeness (QED) is 0.795. The molecule has 16 heavy (non-hydrogen) atoms. The third kappa shape index (κ3) is 3.16. The van der Waals surface area contributed by atoms with Crippen molar-refractivity contribution in [3.05, 3.63) is 28.8 Å². The first-order valence-electron chi connectivity index (χ1n) is 5.23. The minimum atomic E-state index is 0.171. The second-order valence-corrected chi connectivity index (χ2v) is 3.87. The Bertz CT molecular complexity index is 384. The summed E-state index contributed by atoms with van der Waals surface area (Å²) < 4.78 is 5.31. The van der Waals surface area contributed by atoms with E-state index >= 15 is 0 Å². The summed E-state index contributed by atoms with van der Waals surface area (Å²) in [5, 5.41) is 3.97. The zero-order valence-corrected chi connectivity index (χ0v) is 10.3. The van der Waals surface area contributed by atoms with Crippen LogP contribution >= 0.6 is 11.6 Å². The molecule has 0 heterocycles. The van der Waals surface area contributed by atoms with Gasteiger partial charge in [-0.2, -0.15) is 0 Å². The van der Waals surface area contributed by atoms with Crippen LogP contribution in [-0.2, 0) is 0 Å². The van der Waals surface area contributed by atoms with Crippen molar-refractivity contribution in [1.82, 2.24) is 5.32 Å². The van der Waals surface area contributed by atoms with Crippen molar-refractivity contribution in [2.45, 2.75) is 19.4 Å². The van der Waals surface area contributed by atoms with Crippen molar-refractivity contribution in [2.24, 2.45) is 0 Å². The third-order valence-electron chi connectivity index (χ3n) is 2.43. The van der Waals surface area contributed by atoms with Gasteiger partial charge in [0.1, 0.15) is 5.75 Å². The van der Waals surface area contributed by atoms with Crippen molar-refractivity contribution < 1.29 is 4.74 Å². The smallest absolute Gasteiger partial charge is 0.123 e. The number of rotatable bonds is 5. The van der Waals surface area contributed by atoms with Gasteiger partial charge in [-0.25, -0.2) is 0 Å². The predicted octanol–water partition coefficient (Wildman–Crippen LogP) is 3.02. The number of halogens is 1. The number of nitrogens with one attached hydrogen (secondary N) is 1. The van der Waals surface area contributed by atoms with Crippen LogP contribution in [0.2, 0.25) is 5.02 Å². The van der Waals surface area contributed by atoms with Crippen LogP contribution in [0.5, 0.6) is 5.75 Å². The first kappa shape index (κ1) is 12.9. The topological polar surface area (TPSA) is 21.3 Å². The number of methoxy groups -OCH3 is 1. The van der Waals surface area contributed by atoms with E-state index in [1.54, 1.807) is 7.11 Å². The van der Waals surface area contributed by atoms with Gasteiger partial charge in [-0.1, -0.05) is 24.4 Å². The zero-order chi connectivity index (χ0) is 12.0. The Kier molecular flexibility index (Phi) is 5.18. The first-order chi connectivity index (χ1) is 7.72. The van der Waals surface area contributed by atoms with E-state index in [2.05, 4.69) is 18.2 Å². The highest BCUT2D eigenvalue weighted by Crippen LogP contribution is 2.29. The van der Waals surface area contributed by atoms with Gasteiger partial charge in [0.25, 0.3) is 0 Å². The van der Waals surface area contributed by atoms with Crippen LogP contribution in [0, 0.1) is 12.3 Å². The van der Waals surface area contributed by atoms with Gasteiger partial charge < -0.3 is 4.74 Å². The van der Waals surface area contributed by atoms with E-state index in [4.69, 9.17) is 22.8 Å². The summed E-state index contributed by atoms with van der Waals surface area (Å²) in [5.41, 5.74) is 1.05. The van der Waals surface area contributed by atoms with Crippen LogP contribution in [0.1, 0.15) is 24.9 Å². The Hall–Kier alpha value is -1.17. The largest absolute Gasteiger partial charge is 0.496 e. The predicted molar refractivity (Wildman–Crippen MR) is 67.9 cm³/mol. The highest BCUT2D eigenvalue weighted by molar-refractivity contribution is 6.30. The molecule has 1 rings (SSSR count). The molecule has 1 atom stereocenters. The van der Waals surface area contributed by atoms with Crippen molar-refractivity contribution in [3.8, 4) is 18.1 Å². The van der Waals surface area contributed by atoms with E-state index < -0.39 is 0 Å². The molecule has 0 amide bonds. The second-order valence-electron chi connectivity index (χ2n) is 3.43. The molecule has 0 aromatic heterocycles. The van der Waals surface area contributed by atoms with Gasteiger partial charge in [-0.15, -0.1) is 6.42 Å². The van der Waals surface area contributed by atoms with Crippen molar-refractivity contribution in [2.75, 3.05) is 13.7 Å². The third-order valence-corrected chi connectivity index (χ3v) is 2.66. The highest BCUT2D eigenvalue weighted by Gasteiger charge is 2.13. The lowest BCUT2D eigenvalue weighted by atomic mass is 10.0. The van der Waals surface area contributed by atoms with Gasteiger partial charge in [0.05, 0.1) is 13.7 Å². The summed E-state index contributed by atoms with van der Waals surface area (Å²) in [4.78, 5) is 0. The van der Waals surface area contributed by atoms with Gasteiger partial charge in [0.2, 0.25) is 0 Å². The lowest BCUT2D eigenvalue weighted by Crippen LogP contribution is -2.21. The Balaban J connectivity index is 2.98. The van der Waals surface area contributed by atoms with Crippen LogP contribution < -0.4 is 10.1 Å². The van der Waals surface area contributed by atoms with Crippen LogP contribution in [0.3, 0.4) is 0 Å². The number of benzene rings is 1. The van der Waals surface area contributed by atoms with Crippen molar-refractivity contribution in [3.63, 3.8) is 0 Å². The van der Waals surface area contributed by atoms with Crippen LogP contribution in [0.15, 0.2) is 18.2 Å². The van der Waals surface area contributed by atoms with Crippen LogP contribution in [-0.4, -0.2) is 13.7 Å². The molecular weight excluding hydrogens is 222 g/mol. The summed E-state index contributed by atoms with van der Waals surface area (Å²) in [7, 11) is 1.65. The average Bonchev–Trinajstić information content (AvgIpc) is 2.30. The second kappa shape index (κ2) is 6.42. The van der Waals surface area contributed by atoms with E-state index in [0.717, 1.165) is 17.7 Å². The maximum atomic E-state index is 5.99. The monoisotopic (exact) mass is 237 g/mol. The summed E-state index contributed by atoms with van der Waals surface area (Å²) >= 11 is 5.99. The average molecular weight is 238 g/mol. The summed E-state index contributed by atoms with van der Waals surface area (Å²) in [6.07, 6.45) is 6.17. The Morgan fingerprint density at radius 3 is 2.88 bits per heavy atom. The number of terminal acetylenes is 1. The molecule has 2 nitrogen and oxygen atoms in total. The summed E-state index contributed by atoms with van der Waals surface area (Å²) in [6, 6.07) is 5.78. The van der Waals surface area contributed by atoms with Crippen molar-refractivity contribution >= 4 is 11.6 Å². The van der Waals surface area contributed by atoms with E-state index in [1.807, 2.05) is 18.2 Å². The van der Waals surface area contributed by atoms with Gasteiger partial charge in [0.15, 0.2) is 0 Å². The number of ether oxygens (including phenoxy) is 1. The molecular formula is C13H16ClNO. The Morgan fingerprint density at radius 2 is 2.31 bits per heavy atom. The molecule has 1 aromatic rings. The highest BCUT2D eigenvalue weighted by atomic mass is 35.5. The van der Waals surface area contributed by atoms with Crippen molar-refractivity contribution in [1.29, 1.82) is 0 Å². The first-order valence-corrected chi connectivity index (χ1v) is 5.61. The fourth-order valence-electron chi connectivity index (χ4n) is 1.63. The summed E-state index contributed by atoms with van der Waals surface area (Å²) in [6.45, 7) is 2.63. The molecule has 0 saturated carbocycles. The molecule has 0 aliphatic heterocycles. The van der Waals surface area contributed by atoms with E-state index in [0.29, 0.717) is 11.6 Å². The maximum Gasteiger partial charge on any atom is 0.123 e. The zero-order valence-electron chi connectivity index (χ0n) is 9.59. The Labute approximate surface area is 102 Å². The molecule has 0 bridgehead atoms. The van der Waals surface area contributed by atoms with E-state index in [9.17, 15) is 0 Å². The molecule has 0 fully saturated rings. The van der Waals surface area contributed by atoms with Gasteiger partial charge in [-0.05, 0) is 24.6 Å². The number of hydrogen-bond acceptors (Lipinski definition) is 2. The van der Waals surface area contributed by atoms with Crippen LogP contribution in [0.25, 0.3) is 0 Å². The SMILES string of the molecule is C#CCNC(CC)c1cc(Cl)ccc1OC. The normalized spacial score (nSPS) is 11.9. The van der Waals surface area contributed by atoms with Crippen LogP contribution in [0.4, 0.5) is 0 Å². The van der Waals surface area contributed by atoms with E-state index in [1.165, 1.54) is 0 Å². The molecule has 0 aliphatic carbocycles. The molecule has 3 heteroatoms. The lowest BCUT2D eigenvalue weighted by molar-refractivity contribution is 0.399. The lowest BCUT2D eigenvalue weighted by Gasteiger charge is -2.19. The Morgan fingerprint density at radius 1 is 1.56 bits per heavy atom. The molecule has 0 radical (unpaired) electrons.